The van der Waals surface area contributed by atoms with Crippen molar-refractivity contribution in [3.63, 3.8) is 0 Å². The molecule has 0 radical (unpaired) electrons. The third-order valence-electron chi connectivity index (χ3n) is 4.55. The van der Waals surface area contributed by atoms with Gasteiger partial charge in [-0.05, 0) is 47.0 Å². The lowest BCUT2D eigenvalue weighted by molar-refractivity contribution is -0.115. The molecule has 1 unspecified atom stereocenters. The zero-order valence-electron chi connectivity index (χ0n) is 15.5. The first kappa shape index (κ1) is 18.3. The molecule has 1 aliphatic rings. The van der Waals surface area contributed by atoms with Gasteiger partial charge in [-0.1, -0.05) is 30.0 Å². The molecule has 0 aliphatic carbocycles. The largest absolute Gasteiger partial charge is 0.497 e. The number of rotatable bonds is 5. The maximum atomic E-state index is 12.7. The van der Waals surface area contributed by atoms with E-state index in [4.69, 9.17) is 9.47 Å². The Kier molecular flexibility index (Phi) is 5.16. The van der Waals surface area contributed by atoms with Crippen molar-refractivity contribution in [2.45, 2.75) is 23.2 Å². The van der Waals surface area contributed by atoms with E-state index in [1.165, 1.54) is 11.8 Å². The van der Waals surface area contributed by atoms with Crippen molar-refractivity contribution in [3.8, 4) is 17.2 Å². The van der Waals surface area contributed by atoms with Crippen molar-refractivity contribution in [1.29, 1.82) is 0 Å². The summed E-state index contributed by atoms with van der Waals surface area (Å²) >= 11 is 1.34. The Labute approximate surface area is 166 Å². The van der Waals surface area contributed by atoms with Crippen LogP contribution in [0, 0.1) is 0 Å². The fraction of sp³-hybridized carbons (Fsp3) is 0.263. The van der Waals surface area contributed by atoms with E-state index in [-0.39, 0.29) is 11.2 Å². The highest BCUT2D eigenvalue weighted by Gasteiger charge is 2.27. The average Bonchev–Trinajstić information content (AvgIpc) is 3.12. The Morgan fingerprint density at radius 2 is 2.04 bits per heavy atom. The van der Waals surface area contributed by atoms with Gasteiger partial charge in [-0.25, -0.2) is 0 Å². The van der Waals surface area contributed by atoms with E-state index in [1.54, 1.807) is 37.1 Å². The lowest BCUT2D eigenvalue weighted by atomic mass is 10.1. The van der Waals surface area contributed by atoms with Crippen LogP contribution in [0.1, 0.15) is 12.0 Å². The monoisotopic (exact) mass is 397 g/mol. The van der Waals surface area contributed by atoms with Crippen LogP contribution in [-0.2, 0) is 11.2 Å². The molecule has 144 valence electrons. The fourth-order valence-corrected chi connectivity index (χ4v) is 4.07. The highest BCUT2D eigenvalue weighted by molar-refractivity contribution is 8.00. The van der Waals surface area contributed by atoms with Gasteiger partial charge in [0.25, 0.3) is 0 Å². The summed E-state index contributed by atoms with van der Waals surface area (Å²) in [6.45, 7) is 0. The molecule has 1 atom stereocenters. The topological polar surface area (TPSA) is 91.2 Å². The van der Waals surface area contributed by atoms with Crippen molar-refractivity contribution >= 4 is 23.4 Å². The number of tetrazole rings is 1. The third kappa shape index (κ3) is 3.53. The molecule has 9 heteroatoms. The summed E-state index contributed by atoms with van der Waals surface area (Å²) in [7, 11) is 3.17. The quantitative estimate of drug-likeness (QED) is 0.708. The molecule has 1 amide bonds. The van der Waals surface area contributed by atoms with E-state index in [2.05, 4.69) is 20.8 Å². The number of amides is 1. The first-order valence-corrected chi connectivity index (χ1v) is 9.64. The van der Waals surface area contributed by atoms with E-state index >= 15 is 0 Å². The predicted octanol–water partition coefficient (Wildman–Crippen LogP) is 2.73. The van der Waals surface area contributed by atoms with Crippen molar-refractivity contribution in [1.82, 2.24) is 20.2 Å². The van der Waals surface area contributed by atoms with Gasteiger partial charge in [0.15, 0.2) is 0 Å². The first-order chi connectivity index (χ1) is 13.7. The third-order valence-corrected chi connectivity index (χ3v) is 5.75. The van der Waals surface area contributed by atoms with Gasteiger partial charge < -0.3 is 14.8 Å². The number of methoxy groups -OCH3 is 2. The second-order valence-corrected chi connectivity index (χ2v) is 7.37. The number of hydrogen-bond acceptors (Lipinski definition) is 7. The van der Waals surface area contributed by atoms with Gasteiger partial charge in [0.2, 0.25) is 11.1 Å². The maximum Gasteiger partial charge on any atom is 0.237 e. The highest BCUT2D eigenvalue weighted by atomic mass is 32.2. The van der Waals surface area contributed by atoms with Crippen LogP contribution in [0.3, 0.4) is 0 Å². The average molecular weight is 397 g/mol. The molecule has 8 nitrogen and oxygen atoms in total. The summed E-state index contributed by atoms with van der Waals surface area (Å²) in [4.78, 5) is 12.7. The van der Waals surface area contributed by atoms with Crippen LogP contribution in [0.2, 0.25) is 0 Å². The van der Waals surface area contributed by atoms with Gasteiger partial charge in [0, 0.05) is 11.8 Å². The summed E-state index contributed by atoms with van der Waals surface area (Å²) in [5, 5.41) is 15.2. The number of aromatic nitrogens is 4. The molecular formula is C19H19N5O3S. The molecular weight excluding hydrogens is 378 g/mol. The normalized spacial score (nSPS) is 16.1. The lowest BCUT2D eigenvalue weighted by Crippen LogP contribution is -2.24. The van der Waals surface area contributed by atoms with E-state index in [0.717, 1.165) is 17.7 Å². The highest BCUT2D eigenvalue weighted by Crippen LogP contribution is 2.34. The Balaban J connectivity index is 1.62. The fourth-order valence-electron chi connectivity index (χ4n) is 3.10. The minimum absolute atomic E-state index is 0.0536. The lowest BCUT2D eigenvalue weighted by Gasteiger charge is -2.14. The number of carbonyl (C=O) groups is 1. The molecule has 0 saturated heterocycles. The number of para-hydroxylation sites is 1. The van der Waals surface area contributed by atoms with Crippen molar-refractivity contribution in [3.05, 3.63) is 48.0 Å². The first-order valence-electron chi connectivity index (χ1n) is 8.76. The molecule has 1 aromatic heterocycles. The second-order valence-electron chi connectivity index (χ2n) is 6.20. The van der Waals surface area contributed by atoms with Crippen LogP contribution in [0.5, 0.6) is 11.5 Å². The number of benzene rings is 2. The van der Waals surface area contributed by atoms with Crippen LogP contribution in [0.4, 0.5) is 5.69 Å². The number of aryl methyl sites for hydroxylation is 1. The number of nitrogens with zero attached hydrogens (tertiary/aromatic N) is 4. The van der Waals surface area contributed by atoms with Gasteiger partial charge in [0.05, 0.1) is 19.5 Å². The number of anilines is 1. The standard InChI is InChI=1S/C19H19N5O3S/c1-26-13-8-9-16(27-2)15(11-13)24-19(21-22-23-24)28-17-10-7-12-5-3-4-6-14(12)20-18(17)25/h3-6,8-9,11,17H,7,10H2,1-2H3,(H,20,25). The summed E-state index contributed by atoms with van der Waals surface area (Å²) in [5.74, 6) is 1.21. The van der Waals surface area contributed by atoms with Crippen molar-refractivity contribution in [2.75, 3.05) is 19.5 Å². The predicted molar refractivity (Wildman–Crippen MR) is 105 cm³/mol. The number of hydrogen-bond donors (Lipinski definition) is 1. The zero-order valence-corrected chi connectivity index (χ0v) is 16.3. The number of carbonyl (C=O) groups excluding carboxylic acids is 1. The van der Waals surface area contributed by atoms with E-state index in [0.29, 0.717) is 28.8 Å². The van der Waals surface area contributed by atoms with Crippen LogP contribution >= 0.6 is 11.8 Å². The molecule has 28 heavy (non-hydrogen) atoms. The Morgan fingerprint density at radius 3 is 2.86 bits per heavy atom. The van der Waals surface area contributed by atoms with E-state index in [1.807, 2.05) is 24.3 Å². The Bertz CT molecular complexity index is 1010. The molecule has 1 aliphatic heterocycles. The van der Waals surface area contributed by atoms with Crippen molar-refractivity contribution < 1.29 is 14.3 Å². The van der Waals surface area contributed by atoms with Crippen LogP contribution in [-0.4, -0.2) is 45.6 Å². The zero-order chi connectivity index (χ0) is 19.5. The molecule has 4 rings (SSSR count). The van der Waals surface area contributed by atoms with Crippen LogP contribution < -0.4 is 14.8 Å². The second kappa shape index (κ2) is 7.89. The summed E-state index contributed by atoms with van der Waals surface area (Å²) < 4.78 is 12.3. The number of ether oxygens (including phenoxy) is 2. The van der Waals surface area contributed by atoms with Crippen molar-refractivity contribution in [2.24, 2.45) is 0 Å². The molecule has 2 aromatic carbocycles. The van der Waals surface area contributed by atoms with Gasteiger partial charge >= 0.3 is 0 Å². The number of thioether (sulfide) groups is 1. The summed E-state index contributed by atoms with van der Waals surface area (Å²) in [6.07, 6.45) is 1.49. The summed E-state index contributed by atoms with van der Waals surface area (Å²) in [6, 6.07) is 13.2. The maximum absolute atomic E-state index is 12.7. The van der Waals surface area contributed by atoms with Gasteiger partial charge in [0.1, 0.15) is 17.2 Å². The molecule has 0 fully saturated rings. The van der Waals surface area contributed by atoms with Gasteiger partial charge in [-0.3, -0.25) is 4.79 Å². The number of nitrogens with one attached hydrogen (secondary N) is 1. The smallest absolute Gasteiger partial charge is 0.237 e. The molecule has 1 N–H and O–H groups in total. The molecule has 0 saturated carbocycles. The molecule has 0 bridgehead atoms. The van der Waals surface area contributed by atoms with E-state index in [9.17, 15) is 4.79 Å². The molecule has 3 aromatic rings. The van der Waals surface area contributed by atoms with Gasteiger partial charge in [-0.15, -0.1) is 5.10 Å². The Hall–Kier alpha value is -3.07. The SMILES string of the molecule is COc1ccc(OC)c(-n2nnnc2SC2CCc3ccccc3NC2=O)c1. The Morgan fingerprint density at radius 1 is 1.18 bits per heavy atom. The summed E-state index contributed by atoms with van der Waals surface area (Å²) in [5.41, 5.74) is 2.64. The van der Waals surface area contributed by atoms with Crippen LogP contribution in [0.25, 0.3) is 5.69 Å². The minimum Gasteiger partial charge on any atom is -0.497 e. The molecule has 2 heterocycles. The van der Waals surface area contributed by atoms with Gasteiger partial charge in [-0.2, -0.15) is 4.68 Å². The number of fused-ring (bicyclic) bond motifs is 1. The van der Waals surface area contributed by atoms with Crippen LogP contribution in [0.15, 0.2) is 47.6 Å². The minimum atomic E-state index is -0.311. The molecule has 0 spiro atoms. The van der Waals surface area contributed by atoms with E-state index < -0.39 is 0 Å².